The molecule has 2 rings (SSSR count). The second-order valence-electron chi connectivity index (χ2n) is 4.82. The monoisotopic (exact) mass is 283 g/mol. The van der Waals surface area contributed by atoms with Crippen LogP contribution in [0.4, 0.5) is 4.39 Å². The van der Waals surface area contributed by atoms with Crippen molar-refractivity contribution in [2.45, 2.75) is 19.9 Å². The van der Waals surface area contributed by atoms with Crippen molar-refractivity contribution in [2.24, 2.45) is 10.9 Å². The number of nitrogens with zero attached hydrogens (tertiary/aromatic N) is 1. The number of hydrogen-bond acceptors (Lipinski definition) is 2. The first-order valence-corrected chi connectivity index (χ1v) is 6.42. The van der Waals surface area contributed by atoms with Crippen LogP contribution < -0.4 is 10.6 Å². The molecule has 0 bridgehead atoms. The van der Waals surface area contributed by atoms with Crippen LogP contribution in [0.15, 0.2) is 23.2 Å². The summed E-state index contributed by atoms with van der Waals surface area (Å²) in [5, 5.41) is 5.82. The Balaban J connectivity index is 2.18. The molecule has 1 fully saturated rings. The van der Waals surface area contributed by atoms with Crippen LogP contribution in [0.1, 0.15) is 25.5 Å². The van der Waals surface area contributed by atoms with Gasteiger partial charge in [-0.05, 0) is 18.1 Å². The molecular formula is C13H15ClFN3O. The average Bonchev–Trinajstić information content (AvgIpc) is 2.68. The molecule has 0 spiro atoms. The fourth-order valence-corrected chi connectivity index (χ4v) is 2.02. The molecule has 6 heteroatoms. The molecule has 1 amide bonds. The van der Waals surface area contributed by atoms with Crippen molar-refractivity contribution in [2.75, 3.05) is 6.54 Å². The summed E-state index contributed by atoms with van der Waals surface area (Å²) in [7, 11) is 0. The van der Waals surface area contributed by atoms with E-state index in [9.17, 15) is 9.18 Å². The quantitative estimate of drug-likeness (QED) is 0.894. The molecule has 0 aromatic heterocycles. The van der Waals surface area contributed by atoms with E-state index in [0.717, 1.165) is 0 Å². The predicted octanol–water partition coefficient (Wildman–Crippen LogP) is 2.25. The molecule has 2 N–H and O–H groups in total. The van der Waals surface area contributed by atoms with E-state index >= 15 is 0 Å². The van der Waals surface area contributed by atoms with Crippen molar-refractivity contribution < 1.29 is 9.18 Å². The van der Waals surface area contributed by atoms with Crippen LogP contribution in [-0.4, -0.2) is 18.4 Å². The molecule has 1 aliphatic heterocycles. The maximum absolute atomic E-state index is 13.0. The summed E-state index contributed by atoms with van der Waals surface area (Å²) < 4.78 is 13.0. The van der Waals surface area contributed by atoms with Gasteiger partial charge in [-0.3, -0.25) is 15.1 Å². The van der Waals surface area contributed by atoms with Crippen molar-refractivity contribution in [3.05, 3.63) is 34.6 Å². The maximum atomic E-state index is 13.0. The van der Waals surface area contributed by atoms with E-state index in [1.807, 2.05) is 13.8 Å². The molecule has 1 aliphatic rings. The Kier molecular flexibility index (Phi) is 4.04. The minimum Gasteiger partial charge on any atom is -0.340 e. The van der Waals surface area contributed by atoms with Crippen molar-refractivity contribution in [3.8, 4) is 0 Å². The molecular weight excluding hydrogens is 269 g/mol. The molecule has 4 nitrogen and oxygen atoms in total. The van der Waals surface area contributed by atoms with Crippen LogP contribution in [0.25, 0.3) is 0 Å². The minimum atomic E-state index is -0.626. The van der Waals surface area contributed by atoms with Gasteiger partial charge in [0.2, 0.25) is 0 Å². The standard InChI is InChI=1S/C13H15ClFN3O/c1-7(2)6-16-13-17-11(12(19)18-13)9-4-3-8(15)5-10(9)14/h3-5,7,11H,6H2,1-2H3,(H2,16,17,18,19). The Bertz CT molecular complexity index is 531. The van der Waals surface area contributed by atoms with E-state index in [-0.39, 0.29) is 10.9 Å². The Morgan fingerprint density at radius 1 is 1.47 bits per heavy atom. The number of carbonyl (C=O) groups is 1. The Morgan fingerprint density at radius 2 is 2.21 bits per heavy atom. The first-order chi connectivity index (χ1) is 8.97. The molecule has 1 unspecified atom stereocenters. The number of rotatable bonds is 3. The van der Waals surface area contributed by atoms with Gasteiger partial charge in [0.05, 0.1) is 0 Å². The normalized spacial score (nSPS) is 20.8. The highest BCUT2D eigenvalue weighted by Gasteiger charge is 2.31. The zero-order chi connectivity index (χ0) is 14.0. The van der Waals surface area contributed by atoms with Crippen LogP contribution in [-0.2, 0) is 4.79 Å². The van der Waals surface area contributed by atoms with Gasteiger partial charge >= 0.3 is 0 Å². The van der Waals surface area contributed by atoms with Crippen LogP contribution in [0.3, 0.4) is 0 Å². The molecule has 19 heavy (non-hydrogen) atoms. The van der Waals surface area contributed by atoms with Gasteiger partial charge in [-0.25, -0.2) is 4.39 Å². The van der Waals surface area contributed by atoms with Crippen molar-refractivity contribution in [1.29, 1.82) is 0 Å². The lowest BCUT2D eigenvalue weighted by Crippen LogP contribution is -2.26. The minimum absolute atomic E-state index is 0.220. The Labute approximate surface area is 116 Å². The van der Waals surface area contributed by atoms with E-state index < -0.39 is 11.9 Å². The summed E-state index contributed by atoms with van der Waals surface area (Å²) >= 11 is 5.95. The summed E-state index contributed by atoms with van der Waals surface area (Å²) in [5.41, 5.74) is 0.537. The van der Waals surface area contributed by atoms with Gasteiger partial charge in [0.1, 0.15) is 11.9 Å². The number of amides is 1. The van der Waals surface area contributed by atoms with Gasteiger partial charge < -0.3 is 5.32 Å². The lowest BCUT2D eigenvalue weighted by molar-refractivity contribution is -0.120. The van der Waals surface area contributed by atoms with E-state index in [4.69, 9.17) is 11.6 Å². The molecule has 1 aromatic rings. The topological polar surface area (TPSA) is 53.5 Å². The highest BCUT2D eigenvalue weighted by Crippen LogP contribution is 2.25. The van der Waals surface area contributed by atoms with Gasteiger partial charge in [-0.1, -0.05) is 31.5 Å². The fraction of sp³-hybridized carbons (Fsp3) is 0.385. The second kappa shape index (κ2) is 5.57. The summed E-state index contributed by atoms with van der Waals surface area (Å²) in [6.07, 6.45) is 0. The van der Waals surface area contributed by atoms with Gasteiger partial charge in [0, 0.05) is 17.1 Å². The van der Waals surface area contributed by atoms with Crippen molar-refractivity contribution in [1.82, 2.24) is 10.6 Å². The number of guanidine groups is 1. The van der Waals surface area contributed by atoms with E-state index in [1.165, 1.54) is 18.2 Å². The van der Waals surface area contributed by atoms with Crippen molar-refractivity contribution >= 4 is 23.5 Å². The van der Waals surface area contributed by atoms with Gasteiger partial charge in [0.15, 0.2) is 5.96 Å². The fourth-order valence-electron chi connectivity index (χ4n) is 1.74. The number of benzene rings is 1. The third-order valence-electron chi connectivity index (χ3n) is 2.67. The number of carbonyl (C=O) groups excluding carboxylic acids is 1. The van der Waals surface area contributed by atoms with Crippen LogP contribution in [0.2, 0.25) is 5.02 Å². The number of nitrogens with one attached hydrogen (secondary N) is 2. The number of halogens is 2. The zero-order valence-electron chi connectivity index (χ0n) is 10.7. The Morgan fingerprint density at radius 3 is 2.84 bits per heavy atom. The molecule has 1 heterocycles. The predicted molar refractivity (Wildman–Crippen MR) is 72.6 cm³/mol. The van der Waals surface area contributed by atoms with Gasteiger partial charge in [0.25, 0.3) is 5.91 Å². The van der Waals surface area contributed by atoms with E-state index in [1.54, 1.807) is 0 Å². The lowest BCUT2D eigenvalue weighted by atomic mass is 10.1. The molecule has 0 aliphatic carbocycles. The summed E-state index contributed by atoms with van der Waals surface area (Å²) in [5.74, 6) is 0.167. The summed E-state index contributed by atoms with van der Waals surface area (Å²) in [6.45, 7) is 4.69. The molecule has 1 atom stereocenters. The Hall–Kier alpha value is -1.62. The molecule has 1 aromatic carbocycles. The average molecular weight is 284 g/mol. The SMILES string of the molecule is CC(C)CN=C1NC(=O)C(c2ccc(F)cc2Cl)N1. The first-order valence-electron chi connectivity index (χ1n) is 6.04. The number of aliphatic imine (C=N–C) groups is 1. The number of hydrogen-bond donors (Lipinski definition) is 2. The highest BCUT2D eigenvalue weighted by atomic mass is 35.5. The van der Waals surface area contributed by atoms with Crippen LogP contribution >= 0.6 is 11.6 Å². The third-order valence-corrected chi connectivity index (χ3v) is 3.00. The first kappa shape index (κ1) is 13.8. The van der Waals surface area contributed by atoms with Crippen LogP contribution in [0, 0.1) is 11.7 Å². The maximum Gasteiger partial charge on any atom is 0.253 e. The zero-order valence-corrected chi connectivity index (χ0v) is 11.5. The molecule has 1 saturated heterocycles. The van der Waals surface area contributed by atoms with E-state index in [0.29, 0.717) is 24.0 Å². The molecule has 102 valence electrons. The summed E-state index contributed by atoms with van der Waals surface area (Å²) in [4.78, 5) is 16.1. The molecule has 0 saturated carbocycles. The van der Waals surface area contributed by atoms with Gasteiger partial charge in [-0.15, -0.1) is 0 Å². The van der Waals surface area contributed by atoms with Crippen LogP contribution in [0.5, 0.6) is 0 Å². The molecule has 0 radical (unpaired) electrons. The summed E-state index contributed by atoms with van der Waals surface area (Å²) in [6, 6.07) is 3.34. The lowest BCUT2D eigenvalue weighted by Gasteiger charge is -2.10. The van der Waals surface area contributed by atoms with Gasteiger partial charge in [-0.2, -0.15) is 0 Å². The van der Waals surface area contributed by atoms with E-state index in [2.05, 4.69) is 15.6 Å². The third kappa shape index (κ3) is 3.23. The largest absolute Gasteiger partial charge is 0.340 e. The smallest absolute Gasteiger partial charge is 0.253 e. The highest BCUT2D eigenvalue weighted by molar-refractivity contribution is 6.31. The second-order valence-corrected chi connectivity index (χ2v) is 5.22. The van der Waals surface area contributed by atoms with Crippen molar-refractivity contribution in [3.63, 3.8) is 0 Å².